The Morgan fingerprint density at radius 1 is 1.13 bits per heavy atom. The molecule has 39 heavy (non-hydrogen) atoms. The first-order chi connectivity index (χ1) is 18.8. The number of benzene rings is 2. The molecule has 0 spiro atoms. The van der Waals surface area contributed by atoms with E-state index in [1.165, 1.54) is 28.6 Å². The van der Waals surface area contributed by atoms with E-state index in [9.17, 15) is 23.2 Å². The van der Waals surface area contributed by atoms with Crippen LogP contribution in [-0.4, -0.2) is 54.4 Å². The summed E-state index contributed by atoms with van der Waals surface area (Å²) >= 11 is 1.57. The van der Waals surface area contributed by atoms with Crippen LogP contribution in [0.5, 0.6) is 5.75 Å². The Morgan fingerprint density at radius 3 is 2.72 bits per heavy atom. The van der Waals surface area contributed by atoms with Gasteiger partial charge in [-0.05, 0) is 29.7 Å². The number of halogens is 2. The van der Waals surface area contributed by atoms with E-state index in [-0.39, 0.29) is 29.9 Å². The van der Waals surface area contributed by atoms with Gasteiger partial charge in [0.15, 0.2) is 17.3 Å². The molecule has 1 atom stereocenters. The second-order valence-electron chi connectivity index (χ2n) is 9.23. The highest BCUT2D eigenvalue weighted by molar-refractivity contribution is 7.98. The second kappa shape index (κ2) is 11.2. The van der Waals surface area contributed by atoms with Crippen LogP contribution < -0.4 is 15.2 Å². The molecule has 0 radical (unpaired) electrons. The van der Waals surface area contributed by atoms with Gasteiger partial charge in [0.1, 0.15) is 6.17 Å². The minimum atomic E-state index is -0.754. The van der Waals surface area contributed by atoms with Gasteiger partial charge in [-0.3, -0.25) is 24.1 Å². The zero-order valence-electron chi connectivity index (χ0n) is 21.5. The quantitative estimate of drug-likeness (QED) is 0.446. The number of esters is 1. The molecule has 0 bridgehead atoms. The van der Waals surface area contributed by atoms with Crippen LogP contribution in [0.4, 0.5) is 8.78 Å². The molecule has 6 rings (SSSR count). The Labute approximate surface area is 228 Å². The maximum atomic E-state index is 13.7. The summed E-state index contributed by atoms with van der Waals surface area (Å²) in [4.78, 5) is 39.1. The van der Waals surface area contributed by atoms with E-state index in [1.807, 2.05) is 24.3 Å². The van der Waals surface area contributed by atoms with Gasteiger partial charge in [0.05, 0.1) is 13.2 Å². The van der Waals surface area contributed by atoms with E-state index in [0.717, 1.165) is 10.5 Å². The Morgan fingerprint density at radius 2 is 1.92 bits per heavy atom. The first-order valence-corrected chi connectivity index (χ1v) is 13.5. The number of rotatable bonds is 2. The van der Waals surface area contributed by atoms with Crippen molar-refractivity contribution in [3.8, 4) is 5.75 Å². The lowest BCUT2D eigenvalue weighted by Gasteiger charge is -2.46. The summed E-state index contributed by atoms with van der Waals surface area (Å²) in [5.74, 6) is -2.04. The summed E-state index contributed by atoms with van der Waals surface area (Å²) in [5.41, 5.74) is 2.17. The number of morpholine rings is 1. The predicted octanol–water partition coefficient (Wildman–Crippen LogP) is 3.70. The fourth-order valence-electron chi connectivity index (χ4n) is 4.77. The van der Waals surface area contributed by atoms with Gasteiger partial charge in [-0.15, -0.1) is 11.8 Å². The third-order valence-electron chi connectivity index (χ3n) is 6.90. The highest BCUT2D eigenvalue weighted by Crippen LogP contribution is 2.35. The number of hydrogen-bond donors (Lipinski definition) is 0. The number of hydrogen-bond acceptors (Lipinski definition) is 7. The van der Waals surface area contributed by atoms with Crippen LogP contribution in [0.25, 0.3) is 0 Å². The van der Waals surface area contributed by atoms with E-state index in [1.54, 1.807) is 41.7 Å². The maximum absolute atomic E-state index is 13.7. The van der Waals surface area contributed by atoms with Gasteiger partial charge in [0.2, 0.25) is 11.2 Å². The van der Waals surface area contributed by atoms with Crippen molar-refractivity contribution in [1.82, 2.24) is 9.58 Å². The van der Waals surface area contributed by atoms with Gasteiger partial charge in [-0.25, -0.2) is 8.78 Å². The standard InChI is InChI=1S/C14H10F2S.C14H17N3O5/c15-12-6-5-9-7-10-3-1-2-4-13(10)17-8-11(9)14(12)16;1-3-11(19)22-13-9(18)4-5-17-12(13)14(20)16-6-7-21-8-10(16)15(17)2/h1-6H,7-8H2;4-5,10H,3,6-8H2,1-2H3. The normalized spacial score (nSPS) is 17.5. The van der Waals surface area contributed by atoms with Crippen LogP contribution >= 0.6 is 11.8 Å². The van der Waals surface area contributed by atoms with Crippen LogP contribution in [0.3, 0.4) is 0 Å². The summed E-state index contributed by atoms with van der Waals surface area (Å²) in [7, 11) is 1.79. The van der Waals surface area contributed by atoms with Crippen molar-refractivity contribution in [2.45, 2.75) is 36.6 Å². The summed E-state index contributed by atoms with van der Waals surface area (Å²) in [6, 6.07) is 12.2. The molecule has 1 aromatic heterocycles. The molecule has 0 N–H and O–H groups in total. The van der Waals surface area contributed by atoms with Crippen molar-refractivity contribution in [1.29, 1.82) is 0 Å². The van der Waals surface area contributed by atoms with Gasteiger partial charge in [0.25, 0.3) is 5.91 Å². The van der Waals surface area contributed by atoms with Crippen molar-refractivity contribution in [2.75, 3.05) is 31.8 Å². The summed E-state index contributed by atoms with van der Waals surface area (Å²) in [5, 5.41) is 1.79. The highest BCUT2D eigenvalue weighted by Gasteiger charge is 2.40. The van der Waals surface area contributed by atoms with Crippen molar-refractivity contribution in [3.63, 3.8) is 0 Å². The Balaban J connectivity index is 0.000000163. The molecule has 0 saturated carbocycles. The first kappa shape index (κ1) is 26.9. The number of carbonyl (C=O) groups is 2. The number of carbonyl (C=O) groups excluding carboxylic acids is 2. The monoisotopic (exact) mass is 555 g/mol. The van der Waals surface area contributed by atoms with Crippen molar-refractivity contribution < 1.29 is 27.8 Å². The largest absolute Gasteiger partial charge is 0.420 e. The van der Waals surface area contributed by atoms with Crippen molar-refractivity contribution in [3.05, 3.63) is 92.9 Å². The minimum absolute atomic E-state index is 0.0787. The fraction of sp³-hybridized carbons (Fsp3) is 0.321. The van der Waals surface area contributed by atoms with Gasteiger partial charge < -0.3 is 14.4 Å². The van der Waals surface area contributed by atoms with Crippen LogP contribution in [0, 0.1) is 11.6 Å². The molecule has 3 aromatic rings. The van der Waals surface area contributed by atoms with E-state index in [4.69, 9.17) is 9.47 Å². The van der Waals surface area contributed by atoms with E-state index < -0.39 is 23.0 Å². The average Bonchev–Trinajstić information content (AvgIpc) is 3.15. The lowest BCUT2D eigenvalue weighted by molar-refractivity contribution is -0.134. The molecule has 204 valence electrons. The lowest BCUT2D eigenvalue weighted by atomic mass is 10.0. The number of nitrogens with zero attached hydrogens (tertiary/aromatic N) is 3. The van der Waals surface area contributed by atoms with Gasteiger partial charge in [0, 0.05) is 48.5 Å². The molecule has 3 aliphatic heterocycles. The maximum Gasteiger partial charge on any atom is 0.311 e. The van der Waals surface area contributed by atoms with Gasteiger partial charge in [-0.2, -0.15) is 0 Å². The number of amides is 1. The molecule has 2 aromatic carbocycles. The summed E-state index contributed by atoms with van der Waals surface area (Å²) in [6.07, 6.45) is 2.06. The van der Waals surface area contributed by atoms with Gasteiger partial charge >= 0.3 is 5.97 Å². The highest BCUT2D eigenvalue weighted by atomic mass is 32.2. The van der Waals surface area contributed by atoms with E-state index >= 15 is 0 Å². The minimum Gasteiger partial charge on any atom is -0.420 e. The molecule has 8 nitrogen and oxygen atoms in total. The number of fused-ring (bicyclic) bond motifs is 4. The van der Waals surface area contributed by atoms with Crippen LogP contribution in [0.15, 0.2) is 58.4 Å². The lowest BCUT2D eigenvalue weighted by Crippen LogP contribution is -2.64. The third-order valence-corrected chi connectivity index (χ3v) is 8.04. The van der Waals surface area contributed by atoms with Crippen LogP contribution in [0.2, 0.25) is 0 Å². The number of likely N-dealkylation sites (N-methyl/N-ethyl adjacent to an activating group) is 1. The van der Waals surface area contributed by atoms with Crippen molar-refractivity contribution in [2.24, 2.45) is 0 Å². The molecular weight excluding hydrogens is 528 g/mol. The molecule has 1 fully saturated rings. The van der Waals surface area contributed by atoms with E-state index in [0.29, 0.717) is 37.5 Å². The van der Waals surface area contributed by atoms with Gasteiger partial charge in [-0.1, -0.05) is 31.2 Å². The molecule has 0 aliphatic carbocycles. The zero-order valence-corrected chi connectivity index (χ0v) is 22.3. The molecule has 3 aliphatic rings. The topological polar surface area (TPSA) is 81.1 Å². The molecule has 1 amide bonds. The number of pyridine rings is 1. The second-order valence-corrected chi connectivity index (χ2v) is 10.2. The zero-order chi connectivity index (χ0) is 27.7. The average molecular weight is 556 g/mol. The molecular formula is C28H27F2N3O5S. The molecule has 1 saturated heterocycles. The number of ether oxygens (including phenoxy) is 2. The number of aromatic nitrogens is 1. The number of thioether (sulfide) groups is 1. The SMILES string of the molecule is CCC(=O)Oc1c2n(ccc1=O)N(C)C1COCCN1C2=O.Fc1ccc2c(c1F)CSc1ccccc1C2. The van der Waals surface area contributed by atoms with Crippen LogP contribution in [-0.2, 0) is 21.7 Å². The third kappa shape index (κ3) is 5.16. The smallest absolute Gasteiger partial charge is 0.311 e. The van der Waals surface area contributed by atoms with Crippen molar-refractivity contribution >= 4 is 23.6 Å². The summed E-state index contributed by atoms with van der Waals surface area (Å²) in [6.45, 7) is 2.88. The predicted molar refractivity (Wildman–Crippen MR) is 142 cm³/mol. The van der Waals surface area contributed by atoms with E-state index in [2.05, 4.69) is 0 Å². The Bertz CT molecular complexity index is 1490. The Hall–Kier alpha value is -3.70. The molecule has 11 heteroatoms. The molecule has 1 unspecified atom stereocenters. The fourth-order valence-corrected chi connectivity index (χ4v) is 5.88. The summed E-state index contributed by atoms with van der Waals surface area (Å²) < 4.78 is 38.9. The Kier molecular flexibility index (Phi) is 7.72. The molecule has 4 heterocycles. The first-order valence-electron chi connectivity index (χ1n) is 12.5. The van der Waals surface area contributed by atoms with Crippen LogP contribution in [0.1, 0.15) is 40.5 Å².